The van der Waals surface area contributed by atoms with Gasteiger partial charge in [0.05, 0.1) is 12.8 Å². The summed E-state index contributed by atoms with van der Waals surface area (Å²) in [4.78, 5) is 16.7. The number of hydrogen-bond donors (Lipinski definition) is 2. The minimum Gasteiger partial charge on any atom is -0.495 e. The van der Waals surface area contributed by atoms with Gasteiger partial charge >= 0.3 is 0 Å². The average Bonchev–Trinajstić information content (AvgIpc) is 3.02. The molecule has 6 heteroatoms. The molecule has 6 nitrogen and oxygen atoms in total. The number of H-pyrrole nitrogens is 1. The largest absolute Gasteiger partial charge is 0.495 e. The van der Waals surface area contributed by atoms with E-state index in [9.17, 15) is 4.79 Å². The third-order valence-corrected chi connectivity index (χ3v) is 3.34. The number of para-hydroxylation sites is 2. The first-order valence-electron chi connectivity index (χ1n) is 7.11. The van der Waals surface area contributed by atoms with Gasteiger partial charge in [0.25, 0.3) is 5.91 Å². The topological polar surface area (TPSA) is 79.9 Å². The van der Waals surface area contributed by atoms with Crippen LogP contribution in [0.3, 0.4) is 0 Å². The first kappa shape index (κ1) is 14.8. The number of methoxy groups -OCH3 is 1. The second kappa shape index (κ2) is 6.31. The molecule has 0 saturated heterocycles. The number of aromatic amines is 1. The van der Waals surface area contributed by atoms with E-state index in [1.807, 2.05) is 25.1 Å². The highest BCUT2D eigenvalue weighted by atomic mass is 16.5. The quantitative estimate of drug-likeness (QED) is 0.776. The number of nitrogens with one attached hydrogen (secondary N) is 2. The maximum absolute atomic E-state index is 12.5. The summed E-state index contributed by atoms with van der Waals surface area (Å²) in [7, 11) is 1.57. The molecule has 0 fully saturated rings. The lowest BCUT2D eigenvalue weighted by atomic mass is 10.1. The van der Waals surface area contributed by atoms with Crippen LogP contribution in [0.5, 0.6) is 5.75 Å². The Morgan fingerprint density at radius 1 is 1.17 bits per heavy atom. The number of carbonyl (C=O) groups is 1. The van der Waals surface area contributed by atoms with Crippen LogP contribution in [0.1, 0.15) is 16.2 Å². The number of ether oxygens (including phenoxy) is 1. The molecule has 2 N–H and O–H groups in total. The van der Waals surface area contributed by atoms with Gasteiger partial charge in [-0.25, -0.2) is 4.98 Å². The van der Waals surface area contributed by atoms with E-state index in [4.69, 9.17) is 4.74 Å². The zero-order valence-electron chi connectivity index (χ0n) is 12.8. The zero-order valence-corrected chi connectivity index (χ0v) is 12.8. The highest BCUT2D eigenvalue weighted by Gasteiger charge is 2.11. The van der Waals surface area contributed by atoms with Gasteiger partial charge in [-0.1, -0.05) is 24.3 Å². The molecule has 0 unspecified atom stereocenters. The Balaban J connectivity index is 1.85. The SMILES string of the molecule is COc1ccccc1NC(=O)c1cccc(-c2n[nH]c(C)n2)c1. The second-order valence-corrected chi connectivity index (χ2v) is 4.98. The number of carbonyl (C=O) groups excluding carboxylic acids is 1. The van der Waals surface area contributed by atoms with Gasteiger partial charge in [0.1, 0.15) is 11.6 Å². The van der Waals surface area contributed by atoms with Crippen LogP contribution < -0.4 is 10.1 Å². The molecule has 0 bridgehead atoms. The van der Waals surface area contributed by atoms with E-state index in [0.717, 1.165) is 11.4 Å². The molecule has 1 amide bonds. The molecular formula is C17H16N4O2. The molecule has 2 aromatic carbocycles. The van der Waals surface area contributed by atoms with Gasteiger partial charge in [0, 0.05) is 11.1 Å². The summed E-state index contributed by atoms with van der Waals surface area (Å²) in [6.45, 7) is 1.83. The number of aromatic nitrogens is 3. The van der Waals surface area contributed by atoms with Gasteiger partial charge in [0.15, 0.2) is 5.82 Å². The van der Waals surface area contributed by atoms with Crippen molar-refractivity contribution >= 4 is 11.6 Å². The van der Waals surface area contributed by atoms with Crippen molar-refractivity contribution in [3.63, 3.8) is 0 Å². The van der Waals surface area contributed by atoms with Crippen molar-refractivity contribution in [2.24, 2.45) is 0 Å². The van der Waals surface area contributed by atoms with Crippen LogP contribution in [0.15, 0.2) is 48.5 Å². The lowest BCUT2D eigenvalue weighted by Crippen LogP contribution is -2.12. The molecule has 0 saturated carbocycles. The molecule has 0 spiro atoms. The van der Waals surface area contributed by atoms with E-state index >= 15 is 0 Å². The Labute approximate surface area is 133 Å². The molecule has 1 heterocycles. The highest BCUT2D eigenvalue weighted by molar-refractivity contribution is 6.05. The monoisotopic (exact) mass is 308 g/mol. The molecule has 0 aliphatic carbocycles. The Bertz CT molecular complexity index is 842. The molecule has 1 aromatic heterocycles. The second-order valence-electron chi connectivity index (χ2n) is 4.98. The van der Waals surface area contributed by atoms with E-state index in [1.54, 1.807) is 37.4 Å². The fourth-order valence-electron chi connectivity index (χ4n) is 2.21. The molecule has 0 aliphatic heterocycles. The van der Waals surface area contributed by atoms with Crippen LogP contribution in [0.4, 0.5) is 5.69 Å². The smallest absolute Gasteiger partial charge is 0.255 e. The third-order valence-electron chi connectivity index (χ3n) is 3.34. The molecule has 0 radical (unpaired) electrons. The number of benzene rings is 2. The summed E-state index contributed by atoms with van der Waals surface area (Å²) >= 11 is 0. The first-order valence-corrected chi connectivity index (χ1v) is 7.11. The van der Waals surface area contributed by atoms with Crippen LogP contribution >= 0.6 is 0 Å². The lowest BCUT2D eigenvalue weighted by molar-refractivity contribution is 0.102. The van der Waals surface area contributed by atoms with Crippen molar-refractivity contribution in [3.8, 4) is 17.1 Å². The summed E-state index contributed by atoms with van der Waals surface area (Å²) in [5.41, 5.74) is 1.93. The van der Waals surface area contributed by atoms with E-state index in [2.05, 4.69) is 20.5 Å². The van der Waals surface area contributed by atoms with Crippen molar-refractivity contribution < 1.29 is 9.53 Å². The van der Waals surface area contributed by atoms with Crippen molar-refractivity contribution in [1.82, 2.24) is 15.2 Å². The minimum absolute atomic E-state index is 0.219. The normalized spacial score (nSPS) is 10.3. The predicted molar refractivity (Wildman–Crippen MR) is 87.5 cm³/mol. The van der Waals surface area contributed by atoms with Gasteiger partial charge in [-0.15, -0.1) is 0 Å². The lowest BCUT2D eigenvalue weighted by Gasteiger charge is -2.10. The molecule has 3 rings (SSSR count). The number of rotatable bonds is 4. The minimum atomic E-state index is -0.219. The van der Waals surface area contributed by atoms with Gasteiger partial charge in [-0.05, 0) is 31.2 Å². The zero-order chi connectivity index (χ0) is 16.2. The van der Waals surface area contributed by atoms with Gasteiger partial charge in [-0.2, -0.15) is 5.10 Å². The van der Waals surface area contributed by atoms with Gasteiger partial charge in [0.2, 0.25) is 0 Å². The van der Waals surface area contributed by atoms with Crippen LogP contribution in [0.2, 0.25) is 0 Å². The summed E-state index contributed by atoms with van der Waals surface area (Å²) in [6.07, 6.45) is 0. The molecule has 3 aromatic rings. The summed E-state index contributed by atoms with van der Waals surface area (Å²) in [6, 6.07) is 14.4. The molecule has 0 atom stereocenters. The van der Waals surface area contributed by atoms with Gasteiger partial charge in [-0.3, -0.25) is 9.89 Å². The van der Waals surface area contributed by atoms with Crippen molar-refractivity contribution in [1.29, 1.82) is 0 Å². The third kappa shape index (κ3) is 3.21. The van der Waals surface area contributed by atoms with Crippen LogP contribution in [0.25, 0.3) is 11.4 Å². The number of nitrogens with zero attached hydrogens (tertiary/aromatic N) is 2. The predicted octanol–water partition coefficient (Wildman–Crippen LogP) is 3.04. The van der Waals surface area contributed by atoms with Crippen LogP contribution in [0, 0.1) is 6.92 Å². The molecule has 23 heavy (non-hydrogen) atoms. The molecule has 0 aliphatic rings. The Morgan fingerprint density at radius 2 is 2.00 bits per heavy atom. The highest BCUT2D eigenvalue weighted by Crippen LogP contribution is 2.24. The van der Waals surface area contributed by atoms with Crippen LogP contribution in [-0.4, -0.2) is 28.2 Å². The summed E-state index contributed by atoms with van der Waals surface area (Å²) in [5.74, 6) is 1.68. The number of hydrogen-bond acceptors (Lipinski definition) is 4. The number of aryl methyl sites for hydroxylation is 1. The van der Waals surface area contributed by atoms with E-state index < -0.39 is 0 Å². The standard InChI is InChI=1S/C17H16N4O2/c1-11-18-16(21-20-11)12-6-5-7-13(10-12)17(22)19-14-8-3-4-9-15(14)23-2/h3-10H,1-2H3,(H,19,22)(H,18,20,21). The number of anilines is 1. The fourth-order valence-corrected chi connectivity index (χ4v) is 2.21. The Morgan fingerprint density at radius 3 is 2.74 bits per heavy atom. The van der Waals surface area contributed by atoms with Crippen molar-refractivity contribution in [3.05, 3.63) is 59.9 Å². The molecule has 116 valence electrons. The average molecular weight is 308 g/mol. The van der Waals surface area contributed by atoms with E-state index in [-0.39, 0.29) is 5.91 Å². The summed E-state index contributed by atoms with van der Waals surface area (Å²) in [5, 5.41) is 9.75. The Kier molecular flexibility index (Phi) is 4.05. The van der Waals surface area contributed by atoms with E-state index in [1.165, 1.54) is 0 Å². The fraction of sp³-hybridized carbons (Fsp3) is 0.118. The van der Waals surface area contributed by atoms with E-state index in [0.29, 0.717) is 22.8 Å². The maximum Gasteiger partial charge on any atom is 0.255 e. The van der Waals surface area contributed by atoms with Crippen LogP contribution in [-0.2, 0) is 0 Å². The first-order chi connectivity index (χ1) is 11.2. The Hall–Kier alpha value is -3.15. The molecular weight excluding hydrogens is 292 g/mol. The maximum atomic E-state index is 12.5. The number of amides is 1. The van der Waals surface area contributed by atoms with Crippen molar-refractivity contribution in [2.75, 3.05) is 12.4 Å². The van der Waals surface area contributed by atoms with Gasteiger partial charge < -0.3 is 10.1 Å². The van der Waals surface area contributed by atoms with Crippen molar-refractivity contribution in [2.45, 2.75) is 6.92 Å². The summed E-state index contributed by atoms with van der Waals surface area (Å²) < 4.78 is 5.24.